The Morgan fingerprint density at radius 2 is 1.52 bits per heavy atom. The number of unbranched alkanes of at least 4 members (excludes halogenated alkanes) is 1. The molecule has 33 heavy (non-hydrogen) atoms. The minimum absolute atomic E-state index is 0.0960. The van der Waals surface area contributed by atoms with E-state index in [9.17, 15) is 19.5 Å². The first-order chi connectivity index (χ1) is 16.3. The van der Waals surface area contributed by atoms with Gasteiger partial charge >= 0.3 is 0 Å². The topological polar surface area (TPSA) is 174 Å². The van der Waals surface area contributed by atoms with Crippen molar-refractivity contribution < 1.29 is 20.9 Å². The third-order valence-electron chi connectivity index (χ3n) is 5.22. The summed E-state index contributed by atoms with van der Waals surface area (Å²) in [6.45, 7) is 0.467. The molecule has 9 N–H and O–H groups in total. The zero-order chi connectivity index (χ0) is 24.9. The van der Waals surface area contributed by atoms with Crippen molar-refractivity contribution in [2.75, 3.05) is 6.54 Å². The average Bonchev–Trinajstić information content (AvgIpc) is 2.83. The molecule has 0 saturated heterocycles. The molecule has 3 atom stereocenters. The summed E-state index contributed by atoms with van der Waals surface area (Å²) in [5, 5.41) is 14.8. The number of nitrogens with two attached hydrogens (primary N) is 3. The highest BCUT2D eigenvalue weighted by atomic mass is 16.3. The number of nitrogens with one attached hydrogen (secondary N) is 2. The number of phenols is 1. The van der Waals surface area contributed by atoms with Gasteiger partial charge < -0.3 is 32.9 Å². The molecule has 0 unspecified atom stereocenters. The molecule has 0 aromatic heterocycles. The second-order valence-corrected chi connectivity index (χ2v) is 7.92. The standard InChI is InChI=1S/C24H33N5O4/c25-13-5-4-8-20(22(27)31)28-24(33)21(15-16-6-2-1-3-7-16)29-23(32)19(26)14-17-9-11-18(30)12-10-17/h1-3,6-7,9-12,19-21,30H,4-5,8,13-15,25-26H2,(H2,27,31)(H,28,33)(H,29,32)/t19-,20-,21-/m0/s1/i/hD. The molecule has 0 saturated carbocycles. The number of hydrogen-bond acceptors (Lipinski definition) is 6. The highest BCUT2D eigenvalue weighted by Gasteiger charge is 2.27. The predicted molar refractivity (Wildman–Crippen MR) is 126 cm³/mol. The molecular weight excluding hydrogens is 422 g/mol. The molecule has 0 aliphatic rings. The summed E-state index contributed by atoms with van der Waals surface area (Å²) in [4.78, 5) is 37.9. The van der Waals surface area contributed by atoms with E-state index >= 15 is 0 Å². The molecule has 0 heterocycles. The predicted octanol–water partition coefficient (Wildman–Crippen LogP) is 0.0886. The van der Waals surface area contributed by atoms with Gasteiger partial charge in [-0.3, -0.25) is 14.4 Å². The fourth-order valence-electron chi connectivity index (χ4n) is 3.34. The first-order valence-electron chi connectivity index (χ1n) is 11.4. The van der Waals surface area contributed by atoms with Gasteiger partial charge in [0.25, 0.3) is 0 Å². The Morgan fingerprint density at radius 3 is 2.12 bits per heavy atom. The van der Waals surface area contributed by atoms with E-state index in [2.05, 4.69) is 16.4 Å². The van der Waals surface area contributed by atoms with E-state index in [1.165, 1.54) is 12.1 Å². The Morgan fingerprint density at radius 1 is 0.879 bits per heavy atom. The number of aromatic hydroxyl groups is 1. The van der Waals surface area contributed by atoms with Crippen LogP contribution in [0, 0.1) is 0 Å². The second-order valence-electron chi connectivity index (χ2n) is 7.92. The lowest BCUT2D eigenvalue weighted by Crippen LogP contribution is -2.56. The van der Waals surface area contributed by atoms with Crippen molar-refractivity contribution in [1.29, 1.82) is 0 Å². The van der Waals surface area contributed by atoms with Crippen LogP contribution in [0.3, 0.4) is 0 Å². The zero-order valence-corrected chi connectivity index (χ0v) is 18.5. The lowest BCUT2D eigenvalue weighted by atomic mass is 10.0. The van der Waals surface area contributed by atoms with Gasteiger partial charge in [-0.2, -0.15) is 0 Å². The van der Waals surface area contributed by atoms with Crippen LogP contribution in [0.15, 0.2) is 54.6 Å². The van der Waals surface area contributed by atoms with Gasteiger partial charge in [-0.05, 0) is 55.5 Å². The summed E-state index contributed by atoms with van der Waals surface area (Å²) < 4.78 is 7.59. The normalized spacial score (nSPS) is 13.9. The summed E-state index contributed by atoms with van der Waals surface area (Å²) >= 11 is 0. The number of amides is 3. The van der Waals surface area contributed by atoms with Crippen molar-refractivity contribution in [2.24, 2.45) is 17.2 Å². The van der Waals surface area contributed by atoms with E-state index in [0.717, 1.165) is 11.1 Å². The summed E-state index contributed by atoms with van der Waals surface area (Å²) in [5.41, 5.74) is 14.7. The number of rotatable bonds is 14. The molecule has 3 amide bonds. The summed E-state index contributed by atoms with van der Waals surface area (Å²) in [5.74, 6) is -1.65. The molecular formula is C24H33N5O4. The van der Waals surface area contributed by atoms with Crippen molar-refractivity contribution in [3.05, 3.63) is 65.7 Å². The summed E-state index contributed by atoms with van der Waals surface area (Å²) in [6.07, 6.45) is 2.03. The number of carbonyl (C=O) groups excluding carboxylic acids is 3. The molecule has 2 aromatic rings. The van der Waals surface area contributed by atoms with Crippen LogP contribution in [-0.2, 0) is 27.2 Å². The maximum absolute atomic E-state index is 13.1. The van der Waals surface area contributed by atoms with E-state index in [0.29, 0.717) is 25.8 Å². The van der Waals surface area contributed by atoms with Crippen LogP contribution in [-0.4, -0.2) is 47.5 Å². The van der Waals surface area contributed by atoms with Gasteiger partial charge in [0.05, 0.1) is 6.04 Å². The van der Waals surface area contributed by atoms with Gasteiger partial charge in [-0.1, -0.05) is 42.5 Å². The molecule has 9 heteroatoms. The fraction of sp³-hybridized carbons (Fsp3) is 0.375. The monoisotopic (exact) mass is 456 g/mol. The Labute approximate surface area is 195 Å². The van der Waals surface area contributed by atoms with Crippen LogP contribution >= 0.6 is 0 Å². The van der Waals surface area contributed by atoms with Crippen molar-refractivity contribution in [3.63, 3.8) is 0 Å². The Balaban J connectivity index is 2.14. The van der Waals surface area contributed by atoms with Crippen LogP contribution in [0.4, 0.5) is 0 Å². The zero-order valence-electron chi connectivity index (χ0n) is 19.5. The highest BCUT2D eigenvalue weighted by Crippen LogP contribution is 2.11. The van der Waals surface area contributed by atoms with Gasteiger partial charge in [0.2, 0.25) is 17.7 Å². The van der Waals surface area contributed by atoms with Crippen LogP contribution < -0.4 is 27.8 Å². The third kappa shape index (κ3) is 8.91. The first kappa shape index (κ1) is 24.2. The fourth-order valence-corrected chi connectivity index (χ4v) is 3.34. The second kappa shape index (κ2) is 13.2. The van der Waals surface area contributed by atoms with Gasteiger partial charge in [0.1, 0.15) is 19.2 Å². The van der Waals surface area contributed by atoms with Gasteiger partial charge in [-0.15, -0.1) is 0 Å². The first-order valence-corrected chi connectivity index (χ1v) is 10.9. The van der Waals surface area contributed by atoms with E-state index in [-0.39, 0.29) is 18.6 Å². The molecule has 0 aliphatic heterocycles. The minimum atomic E-state index is -0.984. The number of benzene rings is 2. The van der Waals surface area contributed by atoms with Gasteiger partial charge in [0, 0.05) is 6.42 Å². The quantitative estimate of drug-likeness (QED) is 0.220. The maximum Gasteiger partial charge on any atom is 0.243 e. The molecule has 0 spiro atoms. The van der Waals surface area contributed by atoms with E-state index in [1.807, 2.05) is 30.3 Å². The molecule has 2 aromatic carbocycles. The van der Waals surface area contributed by atoms with Crippen molar-refractivity contribution >= 4 is 17.7 Å². The molecule has 0 aliphatic carbocycles. The van der Waals surface area contributed by atoms with Crippen molar-refractivity contribution in [1.82, 2.24) is 10.6 Å². The lowest BCUT2D eigenvalue weighted by molar-refractivity contribution is -0.131. The molecule has 178 valence electrons. The lowest BCUT2D eigenvalue weighted by Gasteiger charge is -2.23. The van der Waals surface area contributed by atoms with Gasteiger partial charge in [0.15, 0.2) is 0 Å². The number of phenolic OH excluding ortho intramolecular Hbond substituents is 1. The molecule has 2 rings (SSSR count). The Hall–Kier alpha value is -3.43. The van der Waals surface area contributed by atoms with Crippen LogP contribution in [0.2, 0.25) is 1.41 Å². The minimum Gasteiger partial charge on any atom is -0.508 e. The smallest absolute Gasteiger partial charge is 0.243 e. The molecule has 9 nitrogen and oxygen atoms in total. The number of primary amides is 1. The van der Waals surface area contributed by atoms with Gasteiger partial charge in [-0.25, -0.2) is 0 Å². The van der Waals surface area contributed by atoms with E-state index < -0.39 is 35.8 Å². The summed E-state index contributed by atoms with van der Waals surface area (Å²) in [6, 6.07) is 12.6. The largest absolute Gasteiger partial charge is 0.508 e. The van der Waals surface area contributed by atoms with Crippen molar-refractivity contribution in [2.45, 2.75) is 50.2 Å². The Bertz CT molecular complexity index is 927. The molecule has 0 bridgehead atoms. The van der Waals surface area contributed by atoms with Crippen LogP contribution in [0.5, 0.6) is 5.75 Å². The summed E-state index contributed by atoms with van der Waals surface area (Å²) in [7, 11) is 0. The van der Waals surface area contributed by atoms with E-state index in [4.69, 9.17) is 12.9 Å². The Kier molecular flexibility index (Phi) is 9.68. The van der Waals surface area contributed by atoms with Crippen LogP contribution in [0.1, 0.15) is 30.4 Å². The molecule has 0 radical (unpaired) electrons. The SMILES string of the molecule is [2H]N[C@@H](Cc1ccc(O)cc1)C(=O)N[C@@H](Cc1ccccc1)C(=O)N[C@@H](CCCCN)C(N)=O. The number of carbonyl (C=O) groups is 3. The number of hydrogen-bond donors (Lipinski definition) is 6. The average molecular weight is 457 g/mol. The highest BCUT2D eigenvalue weighted by molar-refractivity contribution is 5.92. The van der Waals surface area contributed by atoms with E-state index in [1.54, 1.807) is 12.1 Å². The third-order valence-corrected chi connectivity index (χ3v) is 5.22. The van der Waals surface area contributed by atoms with Crippen LogP contribution in [0.25, 0.3) is 0 Å². The van der Waals surface area contributed by atoms with Crippen molar-refractivity contribution in [3.8, 4) is 5.75 Å². The maximum atomic E-state index is 13.1. The molecule has 0 fully saturated rings.